The highest BCUT2D eigenvalue weighted by Gasteiger charge is 2.05. The fourth-order valence-corrected chi connectivity index (χ4v) is 3.94. The van der Waals surface area contributed by atoms with Crippen molar-refractivity contribution in [2.45, 2.75) is 84.0 Å². The van der Waals surface area contributed by atoms with Crippen LogP contribution in [-0.2, 0) is 4.74 Å². The molecule has 0 saturated heterocycles. The third-order valence-electron chi connectivity index (χ3n) is 6.11. The molecular formula is C32H44O3. The van der Waals surface area contributed by atoms with E-state index < -0.39 is 0 Å². The van der Waals surface area contributed by atoms with Crippen LogP contribution in [0.2, 0.25) is 0 Å². The van der Waals surface area contributed by atoms with Gasteiger partial charge in [-0.15, -0.1) is 0 Å². The third kappa shape index (κ3) is 12.5. The molecule has 3 heteroatoms. The summed E-state index contributed by atoms with van der Waals surface area (Å²) in [5.74, 6) is 0.590. The Kier molecular flexibility index (Phi) is 15.0. The van der Waals surface area contributed by atoms with Crippen LogP contribution in [0.5, 0.6) is 5.75 Å². The Balaban J connectivity index is 1.48. The van der Waals surface area contributed by atoms with Gasteiger partial charge in [-0.25, -0.2) is 4.79 Å². The van der Waals surface area contributed by atoms with Crippen LogP contribution in [0.15, 0.2) is 72.8 Å². The number of hydrogen-bond acceptors (Lipinski definition) is 3. The molecule has 0 aliphatic rings. The topological polar surface area (TPSA) is 35.5 Å². The van der Waals surface area contributed by atoms with E-state index in [-0.39, 0.29) is 5.97 Å². The summed E-state index contributed by atoms with van der Waals surface area (Å²) < 4.78 is 10.7. The summed E-state index contributed by atoms with van der Waals surface area (Å²) in [5.41, 5.74) is 2.72. The van der Waals surface area contributed by atoms with Gasteiger partial charge in [0.25, 0.3) is 0 Å². The van der Waals surface area contributed by atoms with Gasteiger partial charge in [-0.2, -0.15) is 0 Å². The molecule has 0 amide bonds. The summed E-state index contributed by atoms with van der Waals surface area (Å²) in [5, 5.41) is 0. The number of hydrogen-bond donors (Lipinski definition) is 0. The van der Waals surface area contributed by atoms with E-state index in [0.29, 0.717) is 5.56 Å². The molecule has 0 bridgehead atoms. The quantitative estimate of drug-likeness (QED) is 0.122. The van der Waals surface area contributed by atoms with Crippen LogP contribution in [0, 0.1) is 0 Å². The van der Waals surface area contributed by atoms with Crippen LogP contribution in [-0.4, -0.2) is 19.7 Å². The lowest BCUT2D eigenvalue weighted by molar-refractivity contribution is 0.0600. The first-order valence-electron chi connectivity index (χ1n) is 13.5. The first kappa shape index (κ1) is 28.4. The highest BCUT2D eigenvalue weighted by molar-refractivity contribution is 5.89. The fraction of sp³-hybridized carbons (Fsp3) is 0.469. The number of carbonyl (C=O) groups is 1. The van der Waals surface area contributed by atoms with E-state index in [4.69, 9.17) is 9.47 Å². The molecule has 0 N–H and O–H groups in total. The maximum absolute atomic E-state index is 11.6. The molecule has 190 valence electrons. The van der Waals surface area contributed by atoms with Crippen molar-refractivity contribution < 1.29 is 14.3 Å². The Morgan fingerprint density at radius 3 is 1.83 bits per heavy atom. The molecule has 2 aromatic carbocycles. The van der Waals surface area contributed by atoms with Crippen molar-refractivity contribution in [1.82, 2.24) is 0 Å². The van der Waals surface area contributed by atoms with E-state index in [0.717, 1.165) is 36.3 Å². The molecule has 0 spiro atoms. The molecule has 0 saturated carbocycles. The molecule has 0 aromatic heterocycles. The normalized spacial score (nSPS) is 11.4. The third-order valence-corrected chi connectivity index (χ3v) is 6.11. The van der Waals surface area contributed by atoms with Crippen molar-refractivity contribution in [3.63, 3.8) is 0 Å². The Morgan fingerprint density at radius 2 is 1.23 bits per heavy atom. The minimum atomic E-state index is -0.315. The van der Waals surface area contributed by atoms with Crippen LogP contribution >= 0.6 is 0 Å². The number of methoxy groups -OCH3 is 1. The van der Waals surface area contributed by atoms with Crippen LogP contribution in [0.1, 0.15) is 94.3 Å². The summed E-state index contributed by atoms with van der Waals surface area (Å²) in [6.07, 6.45) is 24.3. The monoisotopic (exact) mass is 476 g/mol. The molecule has 0 aliphatic heterocycles. The van der Waals surface area contributed by atoms with Gasteiger partial charge in [0.15, 0.2) is 0 Å². The molecule has 0 unspecified atom stereocenters. The highest BCUT2D eigenvalue weighted by atomic mass is 16.5. The first-order valence-corrected chi connectivity index (χ1v) is 13.5. The highest BCUT2D eigenvalue weighted by Crippen LogP contribution is 2.23. The Morgan fingerprint density at radius 1 is 0.686 bits per heavy atom. The molecule has 0 radical (unpaired) electrons. The van der Waals surface area contributed by atoms with E-state index in [1.54, 1.807) is 12.1 Å². The lowest BCUT2D eigenvalue weighted by Gasteiger charge is -2.08. The Labute approximate surface area is 213 Å². The van der Waals surface area contributed by atoms with Crippen molar-refractivity contribution in [1.29, 1.82) is 0 Å². The lowest BCUT2D eigenvalue weighted by atomic mass is 10.0. The van der Waals surface area contributed by atoms with E-state index >= 15 is 0 Å². The van der Waals surface area contributed by atoms with E-state index in [9.17, 15) is 4.79 Å². The number of allylic oxidation sites excluding steroid dienone is 4. The van der Waals surface area contributed by atoms with Crippen LogP contribution in [0.25, 0.3) is 11.1 Å². The first-order chi connectivity index (χ1) is 17.2. The van der Waals surface area contributed by atoms with Gasteiger partial charge >= 0.3 is 5.97 Å². The molecular weight excluding hydrogens is 432 g/mol. The van der Waals surface area contributed by atoms with E-state index in [1.807, 2.05) is 24.3 Å². The second-order valence-corrected chi connectivity index (χ2v) is 9.03. The zero-order chi connectivity index (χ0) is 25.0. The van der Waals surface area contributed by atoms with Crippen LogP contribution < -0.4 is 4.74 Å². The van der Waals surface area contributed by atoms with E-state index in [2.05, 4.69) is 43.4 Å². The van der Waals surface area contributed by atoms with Crippen molar-refractivity contribution >= 4 is 5.97 Å². The number of benzene rings is 2. The number of carbonyl (C=O) groups excluding carboxylic acids is 1. The Bertz CT molecular complexity index is 863. The summed E-state index contributed by atoms with van der Waals surface area (Å²) in [4.78, 5) is 11.6. The molecule has 2 aromatic rings. The van der Waals surface area contributed by atoms with Crippen LogP contribution in [0.4, 0.5) is 0 Å². The lowest BCUT2D eigenvalue weighted by Crippen LogP contribution is -2.00. The average molecular weight is 477 g/mol. The van der Waals surface area contributed by atoms with Gasteiger partial charge in [-0.1, -0.05) is 94.0 Å². The van der Waals surface area contributed by atoms with Gasteiger partial charge in [0, 0.05) is 0 Å². The SMILES string of the molecule is CCCCC/C=C/C/C=C/CCCCCCCCOc1ccc(-c2ccc(C(=O)OC)cc2)cc1. The number of esters is 1. The van der Waals surface area contributed by atoms with Gasteiger partial charge in [0.05, 0.1) is 19.3 Å². The number of rotatable bonds is 18. The number of unbranched alkanes of at least 4 members (excludes halogenated alkanes) is 9. The van der Waals surface area contributed by atoms with Gasteiger partial charge in [0.2, 0.25) is 0 Å². The largest absolute Gasteiger partial charge is 0.494 e. The number of ether oxygens (including phenoxy) is 2. The van der Waals surface area contributed by atoms with Crippen molar-refractivity contribution in [3.8, 4) is 16.9 Å². The van der Waals surface area contributed by atoms with Gasteiger partial charge in [0.1, 0.15) is 5.75 Å². The van der Waals surface area contributed by atoms with Crippen molar-refractivity contribution in [3.05, 3.63) is 78.4 Å². The summed E-state index contributed by atoms with van der Waals surface area (Å²) in [7, 11) is 1.39. The summed E-state index contributed by atoms with van der Waals surface area (Å²) in [6.45, 7) is 3.02. The molecule has 35 heavy (non-hydrogen) atoms. The smallest absolute Gasteiger partial charge is 0.337 e. The standard InChI is InChI=1S/C32H44O3/c1-3-4-5-6-7-8-9-10-11-12-13-14-15-16-17-18-27-35-31-25-23-29(24-26-31)28-19-21-30(22-20-28)32(33)34-2/h7-8,10-11,19-26H,3-6,9,12-18,27H2,1-2H3/b8-7+,11-10+. The predicted molar refractivity (Wildman–Crippen MR) is 148 cm³/mol. The van der Waals surface area contributed by atoms with Gasteiger partial charge < -0.3 is 9.47 Å². The van der Waals surface area contributed by atoms with Crippen molar-refractivity contribution in [2.24, 2.45) is 0 Å². The minimum Gasteiger partial charge on any atom is -0.494 e. The summed E-state index contributed by atoms with van der Waals surface area (Å²) >= 11 is 0. The molecule has 3 nitrogen and oxygen atoms in total. The minimum absolute atomic E-state index is 0.315. The molecule has 2 rings (SSSR count). The maximum Gasteiger partial charge on any atom is 0.337 e. The maximum atomic E-state index is 11.6. The zero-order valence-electron chi connectivity index (χ0n) is 21.8. The van der Waals surface area contributed by atoms with Gasteiger partial charge in [-0.05, 0) is 73.9 Å². The van der Waals surface area contributed by atoms with E-state index in [1.165, 1.54) is 71.3 Å². The van der Waals surface area contributed by atoms with Crippen molar-refractivity contribution in [2.75, 3.05) is 13.7 Å². The molecule has 0 atom stereocenters. The van der Waals surface area contributed by atoms with Gasteiger partial charge in [-0.3, -0.25) is 0 Å². The second kappa shape index (κ2) is 18.5. The van der Waals surface area contributed by atoms with Crippen LogP contribution in [0.3, 0.4) is 0 Å². The molecule has 0 fully saturated rings. The summed E-state index contributed by atoms with van der Waals surface area (Å²) in [6, 6.07) is 15.6. The Hall–Kier alpha value is -2.81. The second-order valence-electron chi connectivity index (χ2n) is 9.03. The average Bonchev–Trinajstić information content (AvgIpc) is 2.90. The fourth-order valence-electron chi connectivity index (χ4n) is 3.94. The predicted octanol–water partition coefficient (Wildman–Crippen LogP) is 9.33. The molecule has 0 heterocycles. The zero-order valence-corrected chi connectivity index (χ0v) is 21.8. The molecule has 0 aliphatic carbocycles.